The molecule has 2 heterocycles. The normalized spacial score (nSPS) is 11.5. The second kappa shape index (κ2) is 8.34. The van der Waals surface area contributed by atoms with Crippen LogP contribution in [0.4, 0.5) is 17.5 Å². The lowest BCUT2D eigenvalue weighted by molar-refractivity contribution is -0.118. The fraction of sp³-hybridized carbons (Fsp3) is 0.150. The number of aryl methyl sites for hydroxylation is 2. The van der Waals surface area contributed by atoms with Gasteiger partial charge in [0, 0.05) is 29.8 Å². The summed E-state index contributed by atoms with van der Waals surface area (Å²) in [4.78, 5) is 36.1. The van der Waals surface area contributed by atoms with Crippen LogP contribution in [0.2, 0.25) is 0 Å². The Morgan fingerprint density at radius 2 is 1.79 bits per heavy atom. The predicted octanol–water partition coefficient (Wildman–Crippen LogP) is 1.97. The Morgan fingerprint density at radius 3 is 2.38 bits per heavy atom. The third-order valence-electron chi connectivity index (χ3n) is 4.11. The lowest BCUT2D eigenvalue weighted by Gasteiger charge is -2.17. The number of aromatic nitrogens is 3. The van der Waals surface area contributed by atoms with E-state index in [9.17, 15) is 9.59 Å². The van der Waals surface area contributed by atoms with E-state index in [0.717, 1.165) is 16.8 Å². The van der Waals surface area contributed by atoms with Gasteiger partial charge in [-0.15, -0.1) is 0 Å². The van der Waals surface area contributed by atoms with E-state index in [2.05, 4.69) is 25.6 Å². The molecule has 0 saturated carbocycles. The van der Waals surface area contributed by atoms with Crippen LogP contribution in [0, 0.1) is 13.8 Å². The highest BCUT2D eigenvalue weighted by atomic mass is 16.1. The molecule has 29 heavy (non-hydrogen) atoms. The number of rotatable bonds is 7. The van der Waals surface area contributed by atoms with Crippen LogP contribution in [0.5, 0.6) is 0 Å². The summed E-state index contributed by atoms with van der Waals surface area (Å²) in [6.07, 6.45) is 4.41. The lowest BCUT2D eigenvalue weighted by atomic mass is 10.1. The van der Waals surface area contributed by atoms with Crippen LogP contribution in [-0.2, 0) is 4.79 Å². The van der Waals surface area contributed by atoms with Crippen LogP contribution in [0.1, 0.15) is 33.1 Å². The summed E-state index contributed by atoms with van der Waals surface area (Å²) in [6, 6.07) is 8.36. The first-order valence-electron chi connectivity index (χ1n) is 8.81. The van der Waals surface area contributed by atoms with Gasteiger partial charge in [0.05, 0.1) is 0 Å². The standard InChI is InChI=1S/C20H21N7O2/c1-11-6-12(2)8-14(7-11)25-19-15(17(21)28)10-24-20(27-19)26-16(18(22)29)13-4-3-5-23-9-13/h3-10,16H,1-2H3,(H2,21,28)(H2,22,29)(H2,24,25,26,27)/t16-/m1/s1. The van der Waals surface area contributed by atoms with Crippen LogP contribution in [0.3, 0.4) is 0 Å². The smallest absolute Gasteiger partial charge is 0.254 e. The van der Waals surface area contributed by atoms with Crippen molar-refractivity contribution in [3.8, 4) is 0 Å². The highest BCUT2D eigenvalue weighted by Crippen LogP contribution is 2.23. The summed E-state index contributed by atoms with van der Waals surface area (Å²) >= 11 is 0. The van der Waals surface area contributed by atoms with Gasteiger partial charge in [-0.1, -0.05) is 12.1 Å². The zero-order chi connectivity index (χ0) is 21.0. The second-order valence-corrected chi connectivity index (χ2v) is 6.59. The molecule has 0 bridgehead atoms. The number of nitrogens with two attached hydrogens (primary N) is 2. The van der Waals surface area contributed by atoms with Gasteiger partial charge in [-0.3, -0.25) is 14.6 Å². The summed E-state index contributed by atoms with van der Waals surface area (Å²) in [5.41, 5.74) is 14.5. The number of nitrogens with one attached hydrogen (secondary N) is 2. The fourth-order valence-corrected chi connectivity index (χ4v) is 2.91. The number of primary amides is 2. The second-order valence-electron chi connectivity index (χ2n) is 6.59. The Morgan fingerprint density at radius 1 is 1.07 bits per heavy atom. The largest absolute Gasteiger partial charge is 0.368 e. The van der Waals surface area contributed by atoms with E-state index in [1.165, 1.54) is 12.4 Å². The topological polar surface area (TPSA) is 149 Å². The van der Waals surface area contributed by atoms with E-state index < -0.39 is 17.9 Å². The predicted molar refractivity (Wildman–Crippen MR) is 110 cm³/mol. The van der Waals surface area contributed by atoms with Gasteiger partial charge in [0.25, 0.3) is 5.91 Å². The fourth-order valence-electron chi connectivity index (χ4n) is 2.91. The molecule has 0 radical (unpaired) electrons. The average molecular weight is 391 g/mol. The Balaban J connectivity index is 1.95. The van der Waals surface area contributed by atoms with Crippen molar-refractivity contribution in [3.63, 3.8) is 0 Å². The molecule has 3 aromatic rings. The Hall–Kier alpha value is -4.01. The van der Waals surface area contributed by atoms with Gasteiger partial charge in [-0.25, -0.2) is 4.98 Å². The van der Waals surface area contributed by atoms with Crippen molar-refractivity contribution in [2.45, 2.75) is 19.9 Å². The molecule has 0 fully saturated rings. The Bertz CT molecular complexity index is 1030. The number of carbonyl (C=O) groups is 2. The number of hydrogen-bond acceptors (Lipinski definition) is 7. The summed E-state index contributed by atoms with van der Waals surface area (Å²) in [7, 11) is 0. The Kier molecular flexibility index (Phi) is 5.68. The van der Waals surface area contributed by atoms with Crippen molar-refractivity contribution in [2.75, 3.05) is 10.6 Å². The van der Waals surface area contributed by atoms with E-state index in [-0.39, 0.29) is 17.3 Å². The van der Waals surface area contributed by atoms with Crippen LogP contribution < -0.4 is 22.1 Å². The van der Waals surface area contributed by atoms with Gasteiger partial charge < -0.3 is 22.1 Å². The van der Waals surface area contributed by atoms with Crippen molar-refractivity contribution >= 4 is 29.3 Å². The van der Waals surface area contributed by atoms with E-state index in [4.69, 9.17) is 11.5 Å². The van der Waals surface area contributed by atoms with Gasteiger partial charge in [0.1, 0.15) is 17.4 Å². The minimum absolute atomic E-state index is 0.106. The van der Waals surface area contributed by atoms with Crippen LogP contribution >= 0.6 is 0 Å². The molecular weight excluding hydrogens is 370 g/mol. The van der Waals surface area contributed by atoms with Gasteiger partial charge in [0.15, 0.2) is 0 Å². The van der Waals surface area contributed by atoms with Gasteiger partial charge in [-0.2, -0.15) is 4.98 Å². The van der Waals surface area contributed by atoms with Crippen LogP contribution in [0.25, 0.3) is 0 Å². The highest BCUT2D eigenvalue weighted by molar-refractivity contribution is 5.98. The van der Waals surface area contributed by atoms with Gasteiger partial charge in [-0.05, 0) is 43.2 Å². The summed E-state index contributed by atoms with van der Waals surface area (Å²) < 4.78 is 0. The molecule has 1 atom stereocenters. The number of benzene rings is 1. The summed E-state index contributed by atoms with van der Waals surface area (Å²) in [5.74, 6) is -0.976. The minimum atomic E-state index is -0.891. The molecule has 9 nitrogen and oxygen atoms in total. The first-order valence-corrected chi connectivity index (χ1v) is 8.81. The molecule has 0 aliphatic carbocycles. The molecule has 0 saturated heterocycles. The average Bonchev–Trinajstić information content (AvgIpc) is 2.65. The van der Waals surface area contributed by atoms with E-state index in [1.54, 1.807) is 18.3 Å². The van der Waals surface area contributed by atoms with Crippen molar-refractivity contribution in [1.82, 2.24) is 15.0 Å². The maximum atomic E-state index is 11.9. The summed E-state index contributed by atoms with van der Waals surface area (Å²) in [5, 5.41) is 5.98. The van der Waals surface area contributed by atoms with E-state index in [0.29, 0.717) is 5.56 Å². The maximum absolute atomic E-state index is 11.9. The van der Waals surface area contributed by atoms with E-state index >= 15 is 0 Å². The number of anilines is 3. The van der Waals surface area contributed by atoms with Gasteiger partial charge in [0.2, 0.25) is 11.9 Å². The molecule has 9 heteroatoms. The summed E-state index contributed by atoms with van der Waals surface area (Å²) in [6.45, 7) is 3.93. The zero-order valence-electron chi connectivity index (χ0n) is 16.0. The number of pyridine rings is 1. The molecule has 0 aliphatic heterocycles. The molecule has 3 rings (SSSR count). The zero-order valence-corrected chi connectivity index (χ0v) is 16.0. The molecule has 0 aliphatic rings. The van der Waals surface area contributed by atoms with Crippen LogP contribution in [0.15, 0.2) is 48.9 Å². The van der Waals surface area contributed by atoms with Crippen molar-refractivity contribution < 1.29 is 9.59 Å². The third-order valence-corrected chi connectivity index (χ3v) is 4.11. The monoisotopic (exact) mass is 391 g/mol. The molecule has 2 amide bonds. The molecule has 0 spiro atoms. The molecule has 148 valence electrons. The molecule has 6 N–H and O–H groups in total. The highest BCUT2D eigenvalue weighted by Gasteiger charge is 2.20. The third kappa shape index (κ3) is 4.83. The van der Waals surface area contributed by atoms with Crippen molar-refractivity contribution in [3.05, 3.63) is 71.2 Å². The first-order chi connectivity index (χ1) is 13.8. The van der Waals surface area contributed by atoms with Crippen molar-refractivity contribution in [2.24, 2.45) is 11.5 Å². The molecular formula is C20H21N7O2. The molecule has 2 aromatic heterocycles. The number of hydrogen-bond donors (Lipinski definition) is 4. The SMILES string of the molecule is Cc1cc(C)cc(Nc2nc(N[C@@H](C(N)=O)c3cccnc3)ncc2C(N)=O)c1. The van der Waals surface area contributed by atoms with Gasteiger partial charge >= 0.3 is 0 Å². The quantitative estimate of drug-likeness (QED) is 0.481. The molecule has 0 unspecified atom stereocenters. The first kappa shape index (κ1) is 19.7. The van der Waals surface area contributed by atoms with Crippen LogP contribution in [-0.4, -0.2) is 26.8 Å². The number of amides is 2. The van der Waals surface area contributed by atoms with E-state index in [1.807, 2.05) is 32.0 Å². The molecule has 1 aromatic carbocycles. The lowest BCUT2D eigenvalue weighted by Crippen LogP contribution is -2.28. The maximum Gasteiger partial charge on any atom is 0.254 e. The number of nitrogens with zero attached hydrogens (tertiary/aromatic N) is 3. The minimum Gasteiger partial charge on any atom is -0.368 e. The van der Waals surface area contributed by atoms with Crippen molar-refractivity contribution in [1.29, 1.82) is 0 Å². The Labute approximate surface area is 167 Å². The number of carbonyl (C=O) groups excluding carboxylic acids is 2.